The Morgan fingerprint density at radius 1 is 1.56 bits per heavy atom. The average Bonchev–Trinajstić information content (AvgIpc) is 2.54. The predicted molar refractivity (Wildman–Crippen MR) is 61.6 cm³/mol. The van der Waals surface area contributed by atoms with Crippen molar-refractivity contribution >= 4 is 5.97 Å². The van der Waals surface area contributed by atoms with Crippen LogP contribution in [0, 0.1) is 12.8 Å². The third kappa shape index (κ3) is 3.70. The van der Waals surface area contributed by atoms with Crippen LogP contribution in [-0.4, -0.2) is 17.6 Å². The maximum atomic E-state index is 10.7. The number of carboxylic acids is 1. The lowest BCUT2D eigenvalue weighted by molar-refractivity contribution is 0.0659. The van der Waals surface area contributed by atoms with Crippen LogP contribution in [0.3, 0.4) is 0 Å². The van der Waals surface area contributed by atoms with E-state index < -0.39 is 5.97 Å². The van der Waals surface area contributed by atoms with E-state index in [2.05, 4.69) is 19.2 Å². The third-order valence-corrected chi connectivity index (χ3v) is 2.36. The molecule has 90 valence electrons. The van der Waals surface area contributed by atoms with Gasteiger partial charge >= 0.3 is 5.97 Å². The minimum Gasteiger partial charge on any atom is -0.475 e. The molecule has 0 aliphatic heterocycles. The molecule has 0 aliphatic carbocycles. The quantitative estimate of drug-likeness (QED) is 0.730. The zero-order valence-corrected chi connectivity index (χ0v) is 10.0. The summed E-state index contributed by atoms with van der Waals surface area (Å²) in [6.07, 6.45) is 1.10. The smallest absolute Gasteiger partial charge is 0.372 e. The van der Waals surface area contributed by atoms with Gasteiger partial charge in [0.1, 0.15) is 5.76 Å². The van der Waals surface area contributed by atoms with Crippen molar-refractivity contribution in [2.75, 3.05) is 6.54 Å². The van der Waals surface area contributed by atoms with Crippen molar-refractivity contribution in [1.82, 2.24) is 5.32 Å². The summed E-state index contributed by atoms with van der Waals surface area (Å²) in [6, 6.07) is 1.77. The molecule has 0 aromatic carbocycles. The zero-order chi connectivity index (χ0) is 12.1. The zero-order valence-electron chi connectivity index (χ0n) is 10.0. The van der Waals surface area contributed by atoms with Crippen molar-refractivity contribution in [2.45, 2.75) is 33.7 Å². The molecule has 0 saturated heterocycles. The third-order valence-electron chi connectivity index (χ3n) is 2.36. The second-order valence-electron chi connectivity index (χ2n) is 4.39. The first-order chi connectivity index (χ1) is 7.50. The van der Waals surface area contributed by atoms with Crippen LogP contribution >= 0.6 is 0 Å². The molecular formula is C12H19NO3. The van der Waals surface area contributed by atoms with Gasteiger partial charge in [-0.3, -0.25) is 0 Å². The van der Waals surface area contributed by atoms with Crippen LogP contribution in [0.2, 0.25) is 0 Å². The first kappa shape index (κ1) is 12.8. The van der Waals surface area contributed by atoms with E-state index in [1.165, 1.54) is 0 Å². The van der Waals surface area contributed by atoms with Crippen molar-refractivity contribution in [2.24, 2.45) is 5.92 Å². The number of hydrogen-bond donors (Lipinski definition) is 2. The van der Waals surface area contributed by atoms with Gasteiger partial charge in [0, 0.05) is 5.56 Å². The highest BCUT2D eigenvalue weighted by molar-refractivity contribution is 5.86. The van der Waals surface area contributed by atoms with Crippen LogP contribution in [0.5, 0.6) is 0 Å². The van der Waals surface area contributed by atoms with Crippen molar-refractivity contribution in [3.8, 4) is 0 Å². The Hall–Kier alpha value is -1.29. The standard InChI is InChI=1S/C12H19NO3/c1-8(2)4-5-13-7-10-6-9(3)11(16-10)12(14)15/h6,8,13H,4-5,7H2,1-3H3,(H,14,15). The molecule has 0 atom stereocenters. The van der Waals surface area contributed by atoms with E-state index in [4.69, 9.17) is 9.52 Å². The molecule has 16 heavy (non-hydrogen) atoms. The predicted octanol–water partition coefficient (Wildman–Crippen LogP) is 2.42. The van der Waals surface area contributed by atoms with Gasteiger partial charge in [0.25, 0.3) is 0 Å². The molecular weight excluding hydrogens is 206 g/mol. The highest BCUT2D eigenvalue weighted by Crippen LogP contribution is 2.14. The molecule has 0 unspecified atom stereocenters. The van der Waals surface area contributed by atoms with Crippen molar-refractivity contribution in [3.63, 3.8) is 0 Å². The molecule has 0 saturated carbocycles. The van der Waals surface area contributed by atoms with Crippen molar-refractivity contribution < 1.29 is 14.3 Å². The molecule has 1 heterocycles. The Bertz CT molecular complexity index is 355. The number of hydrogen-bond acceptors (Lipinski definition) is 3. The van der Waals surface area contributed by atoms with Crippen LogP contribution in [0.1, 0.15) is 42.1 Å². The van der Waals surface area contributed by atoms with Crippen LogP contribution in [-0.2, 0) is 6.54 Å². The fraction of sp³-hybridized carbons (Fsp3) is 0.583. The van der Waals surface area contributed by atoms with E-state index in [9.17, 15) is 4.79 Å². The van der Waals surface area contributed by atoms with E-state index in [1.54, 1.807) is 13.0 Å². The summed E-state index contributed by atoms with van der Waals surface area (Å²) in [4.78, 5) is 10.7. The maximum Gasteiger partial charge on any atom is 0.372 e. The van der Waals surface area contributed by atoms with Crippen LogP contribution in [0.25, 0.3) is 0 Å². The van der Waals surface area contributed by atoms with E-state index >= 15 is 0 Å². The molecule has 0 bridgehead atoms. The normalized spacial score (nSPS) is 11.0. The highest BCUT2D eigenvalue weighted by Gasteiger charge is 2.13. The second kappa shape index (κ2) is 5.70. The number of carbonyl (C=O) groups is 1. The van der Waals surface area contributed by atoms with Gasteiger partial charge in [-0.15, -0.1) is 0 Å². The van der Waals surface area contributed by atoms with Crippen LogP contribution < -0.4 is 5.32 Å². The summed E-state index contributed by atoms with van der Waals surface area (Å²) in [6.45, 7) is 7.58. The van der Waals surface area contributed by atoms with E-state index in [0.717, 1.165) is 13.0 Å². The molecule has 4 nitrogen and oxygen atoms in total. The Kier molecular flexibility index (Phi) is 4.55. The average molecular weight is 225 g/mol. The molecule has 2 N–H and O–H groups in total. The lowest BCUT2D eigenvalue weighted by atomic mass is 10.1. The van der Waals surface area contributed by atoms with Gasteiger partial charge in [-0.05, 0) is 31.9 Å². The minimum atomic E-state index is -1.01. The largest absolute Gasteiger partial charge is 0.475 e. The summed E-state index contributed by atoms with van der Waals surface area (Å²) in [5, 5.41) is 12.0. The first-order valence-electron chi connectivity index (χ1n) is 5.54. The highest BCUT2D eigenvalue weighted by atomic mass is 16.4. The maximum absolute atomic E-state index is 10.7. The molecule has 0 spiro atoms. The molecule has 1 rings (SSSR count). The van der Waals surface area contributed by atoms with Gasteiger partial charge in [0.2, 0.25) is 5.76 Å². The van der Waals surface area contributed by atoms with Gasteiger partial charge in [-0.2, -0.15) is 0 Å². The fourth-order valence-electron chi connectivity index (χ4n) is 1.45. The molecule has 0 aliphatic rings. The van der Waals surface area contributed by atoms with E-state index in [-0.39, 0.29) is 5.76 Å². The molecule has 4 heteroatoms. The fourth-order valence-corrected chi connectivity index (χ4v) is 1.45. The van der Waals surface area contributed by atoms with Gasteiger partial charge in [-0.1, -0.05) is 13.8 Å². The van der Waals surface area contributed by atoms with Gasteiger partial charge in [-0.25, -0.2) is 4.79 Å². The Balaban J connectivity index is 2.43. The van der Waals surface area contributed by atoms with Gasteiger partial charge < -0.3 is 14.8 Å². The number of carboxylic acid groups (broad SMARTS) is 1. The molecule has 1 aromatic heterocycles. The first-order valence-corrected chi connectivity index (χ1v) is 5.54. The molecule has 0 radical (unpaired) electrons. The minimum absolute atomic E-state index is 0.0423. The number of furan rings is 1. The summed E-state index contributed by atoms with van der Waals surface area (Å²) >= 11 is 0. The molecule has 1 aromatic rings. The van der Waals surface area contributed by atoms with Gasteiger partial charge in [0.05, 0.1) is 6.54 Å². The number of aryl methyl sites for hydroxylation is 1. The molecule has 0 amide bonds. The summed E-state index contributed by atoms with van der Waals surface area (Å²) in [7, 11) is 0. The molecule has 0 fully saturated rings. The number of rotatable bonds is 6. The lowest BCUT2D eigenvalue weighted by Crippen LogP contribution is -2.15. The monoisotopic (exact) mass is 225 g/mol. The second-order valence-corrected chi connectivity index (χ2v) is 4.39. The number of nitrogens with one attached hydrogen (secondary N) is 1. The summed E-state index contributed by atoms with van der Waals surface area (Å²) < 4.78 is 5.22. The van der Waals surface area contributed by atoms with Crippen molar-refractivity contribution in [3.05, 3.63) is 23.2 Å². The summed E-state index contributed by atoms with van der Waals surface area (Å²) in [5.74, 6) is 0.380. The SMILES string of the molecule is Cc1cc(CNCCC(C)C)oc1C(=O)O. The Morgan fingerprint density at radius 3 is 2.75 bits per heavy atom. The summed E-state index contributed by atoms with van der Waals surface area (Å²) in [5.41, 5.74) is 0.674. The topological polar surface area (TPSA) is 62.5 Å². The van der Waals surface area contributed by atoms with Gasteiger partial charge in [0.15, 0.2) is 0 Å². The lowest BCUT2D eigenvalue weighted by Gasteiger charge is -2.04. The van der Waals surface area contributed by atoms with Crippen LogP contribution in [0.4, 0.5) is 0 Å². The Morgan fingerprint density at radius 2 is 2.25 bits per heavy atom. The van der Waals surface area contributed by atoms with Crippen molar-refractivity contribution in [1.29, 1.82) is 0 Å². The van der Waals surface area contributed by atoms with Crippen LogP contribution in [0.15, 0.2) is 10.5 Å². The Labute approximate surface area is 95.7 Å². The van der Waals surface area contributed by atoms with E-state index in [0.29, 0.717) is 23.8 Å². The number of aromatic carboxylic acids is 1. The van der Waals surface area contributed by atoms with E-state index in [1.807, 2.05) is 0 Å².